The van der Waals surface area contributed by atoms with Crippen molar-refractivity contribution in [3.05, 3.63) is 69.1 Å². The number of non-ortho nitro benzene ring substituents is 1. The lowest BCUT2D eigenvalue weighted by molar-refractivity contribution is -0.384. The van der Waals surface area contributed by atoms with Crippen LogP contribution in [0, 0.1) is 10.1 Å². The number of thiocarbonyl (C=S) groups is 1. The lowest BCUT2D eigenvalue weighted by Gasteiger charge is -2.09. The summed E-state index contributed by atoms with van der Waals surface area (Å²) in [6.45, 7) is 0. The Bertz CT molecular complexity index is 1080. The number of nitro groups is 1. The molecule has 3 rings (SSSR count). The summed E-state index contributed by atoms with van der Waals surface area (Å²) in [6.07, 6.45) is 1.47. The minimum absolute atomic E-state index is 0.00886. The van der Waals surface area contributed by atoms with E-state index in [1.807, 2.05) is 0 Å². The molecule has 1 amide bonds. The Labute approximate surface area is 163 Å². The molecule has 0 radical (unpaired) electrons. The number of thioether (sulfide) groups is 1. The third kappa shape index (κ3) is 4.32. The molecule has 1 N–H and O–H groups in total. The molecule has 1 fully saturated rings. The van der Waals surface area contributed by atoms with Crippen LogP contribution < -0.4 is 9.50 Å². The predicted molar refractivity (Wildman–Crippen MR) is 104 cm³/mol. The quantitative estimate of drug-likeness (QED) is 0.257. The topological polar surface area (TPSA) is 116 Å². The first-order valence-corrected chi connectivity index (χ1v) is 9.92. The summed E-state index contributed by atoms with van der Waals surface area (Å²) in [4.78, 5) is 21.9. The largest absolute Gasteiger partial charge is 0.378 e. The molecular weight excluding hydrogens is 412 g/mol. The lowest BCUT2D eigenvalue weighted by atomic mass is 10.2. The van der Waals surface area contributed by atoms with Gasteiger partial charge in [0.15, 0.2) is 0 Å². The van der Waals surface area contributed by atoms with Gasteiger partial charge in [0.2, 0.25) is 0 Å². The Morgan fingerprint density at radius 2 is 1.81 bits per heavy atom. The van der Waals surface area contributed by atoms with Gasteiger partial charge in [-0.2, -0.15) is 8.42 Å². The second-order valence-electron chi connectivity index (χ2n) is 5.18. The Hall–Kier alpha value is -2.76. The minimum Gasteiger partial charge on any atom is -0.378 e. The third-order valence-corrected chi connectivity index (χ3v) is 5.79. The van der Waals surface area contributed by atoms with Crippen molar-refractivity contribution in [2.24, 2.45) is 0 Å². The van der Waals surface area contributed by atoms with Gasteiger partial charge in [0, 0.05) is 17.7 Å². The van der Waals surface area contributed by atoms with Gasteiger partial charge in [-0.15, -0.1) is 0 Å². The summed E-state index contributed by atoms with van der Waals surface area (Å²) < 4.78 is 30.4. The van der Waals surface area contributed by atoms with E-state index in [1.54, 1.807) is 18.2 Å². The molecule has 27 heavy (non-hydrogen) atoms. The van der Waals surface area contributed by atoms with E-state index in [4.69, 9.17) is 16.4 Å². The van der Waals surface area contributed by atoms with E-state index in [2.05, 4.69) is 5.32 Å². The van der Waals surface area contributed by atoms with Crippen molar-refractivity contribution in [3.63, 3.8) is 0 Å². The molecule has 138 valence electrons. The van der Waals surface area contributed by atoms with Crippen molar-refractivity contribution in [1.29, 1.82) is 0 Å². The van der Waals surface area contributed by atoms with Crippen LogP contribution in [0.2, 0.25) is 0 Å². The van der Waals surface area contributed by atoms with Gasteiger partial charge >= 0.3 is 10.1 Å². The average molecular weight is 422 g/mol. The van der Waals surface area contributed by atoms with E-state index in [-0.39, 0.29) is 22.2 Å². The van der Waals surface area contributed by atoms with Crippen molar-refractivity contribution in [2.45, 2.75) is 4.90 Å². The van der Waals surface area contributed by atoms with Crippen LogP contribution in [0.5, 0.6) is 5.75 Å². The molecule has 0 unspecified atom stereocenters. The highest BCUT2D eigenvalue weighted by Crippen LogP contribution is 2.30. The van der Waals surface area contributed by atoms with Crippen molar-refractivity contribution in [2.75, 3.05) is 0 Å². The fraction of sp³-hybridized carbons (Fsp3) is 0. The Kier molecular flexibility index (Phi) is 5.26. The zero-order valence-electron chi connectivity index (χ0n) is 13.3. The number of nitrogens with zero attached hydrogens (tertiary/aromatic N) is 1. The Morgan fingerprint density at radius 1 is 1.15 bits per heavy atom. The van der Waals surface area contributed by atoms with E-state index in [1.165, 1.54) is 12.1 Å². The molecule has 2 aromatic carbocycles. The van der Waals surface area contributed by atoms with Crippen molar-refractivity contribution < 1.29 is 22.3 Å². The first kappa shape index (κ1) is 19.0. The molecule has 0 saturated carbocycles. The molecule has 1 aliphatic heterocycles. The number of benzene rings is 2. The predicted octanol–water partition coefficient (Wildman–Crippen LogP) is 2.85. The van der Waals surface area contributed by atoms with Gasteiger partial charge in [0.05, 0.1) is 9.83 Å². The van der Waals surface area contributed by atoms with Crippen LogP contribution in [-0.2, 0) is 14.9 Å². The molecular formula is C16H10N2O6S3. The molecule has 0 aliphatic carbocycles. The lowest BCUT2D eigenvalue weighted by Crippen LogP contribution is -2.17. The highest BCUT2D eigenvalue weighted by atomic mass is 32.2. The van der Waals surface area contributed by atoms with E-state index in [0.717, 1.165) is 36.0 Å². The molecule has 0 spiro atoms. The third-order valence-electron chi connectivity index (χ3n) is 3.38. The summed E-state index contributed by atoms with van der Waals surface area (Å²) in [7, 11) is -4.22. The van der Waals surface area contributed by atoms with Crippen LogP contribution in [0.3, 0.4) is 0 Å². The zero-order valence-corrected chi connectivity index (χ0v) is 15.8. The Morgan fingerprint density at radius 3 is 2.41 bits per heavy atom. The molecule has 1 aliphatic rings. The van der Waals surface area contributed by atoms with Gasteiger partial charge in [-0.25, -0.2) is 0 Å². The smallest absolute Gasteiger partial charge is 0.339 e. The number of amides is 1. The molecule has 0 bridgehead atoms. The summed E-state index contributed by atoms with van der Waals surface area (Å²) in [5.41, 5.74) is 0.129. The fourth-order valence-corrected chi connectivity index (χ4v) is 4.13. The highest BCUT2D eigenvalue weighted by molar-refractivity contribution is 8.26. The monoisotopic (exact) mass is 422 g/mol. The van der Waals surface area contributed by atoms with Crippen LogP contribution in [0.1, 0.15) is 5.56 Å². The maximum atomic E-state index is 12.5. The summed E-state index contributed by atoms with van der Waals surface area (Å²) in [6, 6.07) is 10.6. The minimum atomic E-state index is -4.22. The maximum Gasteiger partial charge on any atom is 0.339 e. The number of hydrogen-bond acceptors (Lipinski definition) is 8. The van der Waals surface area contributed by atoms with E-state index >= 15 is 0 Å². The van der Waals surface area contributed by atoms with Crippen LogP contribution in [0.4, 0.5) is 5.69 Å². The molecule has 2 aromatic rings. The van der Waals surface area contributed by atoms with Crippen LogP contribution in [0.25, 0.3) is 6.08 Å². The van der Waals surface area contributed by atoms with E-state index < -0.39 is 15.0 Å². The molecule has 1 saturated heterocycles. The normalized spacial score (nSPS) is 15.6. The summed E-state index contributed by atoms with van der Waals surface area (Å²) >= 11 is 5.98. The first-order valence-electron chi connectivity index (χ1n) is 7.29. The maximum absolute atomic E-state index is 12.5. The number of hydrogen-bond donors (Lipinski definition) is 1. The standard InChI is InChI=1S/C16H10N2O6S3/c19-15-14(26-16(25)17-15)9-10-3-1-2-4-13(10)24-27(22,23)12-7-5-11(6-8-12)18(20)21/h1-9H,(H,17,19,25)/b14-9+. The van der Waals surface area contributed by atoms with E-state index in [0.29, 0.717) is 14.8 Å². The number of para-hydroxylation sites is 1. The van der Waals surface area contributed by atoms with Crippen LogP contribution in [0.15, 0.2) is 58.3 Å². The second kappa shape index (κ2) is 7.47. The van der Waals surface area contributed by atoms with Gasteiger partial charge in [0.1, 0.15) is 15.0 Å². The SMILES string of the molecule is O=C1NC(=S)S/C1=C/c1ccccc1OS(=O)(=O)c1ccc([N+](=O)[O-])cc1. The fourth-order valence-electron chi connectivity index (χ4n) is 2.14. The molecule has 0 atom stereocenters. The summed E-state index contributed by atoms with van der Waals surface area (Å²) in [5, 5.41) is 13.2. The molecule has 8 nitrogen and oxygen atoms in total. The van der Waals surface area contributed by atoms with Gasteiger partial charge in [0.25, 0.3) is 11.6 Å². The second-order valence-corrected chi connectivity index (χ2v) is 8.44. The number of rotatable bonds is 5. The highest BCUT2D eigenvalue weighted by Gasteiger charge is 2.24. The van der Waals surface area contributed by atoms with Crippen molar-refractivity contribution in [1.82, 2.24) is 5.32 Å². The number of nitro benzene ring substituents is 1. The molecule has 1 heterocycles. The first-order chi connectivity index (χ1) is 12.8. The van der Waals surface area contributed by atoms with Gasteiger partial charge < -0.3 is 9.50 Å². The summed E-state index contributed by atoms with van der Waals surface area (Å²) in [5.74, 6) is -0.368. The number of nitrogens with one attached hydrogen (secondary N) is 1. The Balaban J connectivity index is 1.91. The van der Waals surface area contributed by atoms with E-state index in [9.17, 15) is 23.3 Å². The number of carbonyl (C=O) groups is 1. The number of carbonyl (C=O) groups excluding carboxylic acids is 1. The van der Waals surface area contributed by atoms with Gasteiger partial charge in [-0.05, 0) is 24.3 Å². The average Bonchev–Trinajstić information content (AvgIpc) is 2.93. The van der Waals surface area contributed by atoms with Crippen molar-refractivity contribution in [3.8, 4) is 5.75 Å². The van der Waals surface area contributed by atoms with Crippen LogP contribution >= 0.6 is 24.0 Å². The molecule has 11 heteroatoms. The van der Waals surface area contributed by atoms with Gasteiger partial charge in [-0.1, -0.05) is 42.2 Å². The molecule has 0 aromatic heterocycles. The van der Waals surface area contributed by atoms with Gasteiger partial charge in [-0.3, -0.25) is 14.9 Å². The van der Waals surface area contributed by atoms with Crippen molar-refractivity contribution >= 4 is 56.1 Å². The zero-order chi connectivity index (χ0) is 19.6. The van der Waals surface area contributed by atoms with Crippen LogP contribution in [-0.4, -0.2) is 23.6 Å².